The Balaban J connectivity index is 1.49. The van der Waals surface area contributed by atoms with Gasteiger partial charge >= 0.3 is 0 Å². The number of carbonyl (C=O) groups excluding carboxylic acids is 1. The first-order valence-electron chi connectivity index (χ1n) is 9.46. The first-order valence-corrected chi connectivity index (χ1v) is 9.46. The number of aryl methyl sites for hydroxylation is 1. The third-order valence-electron chi connectivity index (χ3n) is 4.69. The Morgan fingerprint density at radius 1 is 1.38 bits per heavy atom. The predicted molar refractivity (Wildman–Crippen MR) is 103 cm³/mol. The summed E-state index contributed by atoms with van der Waals surface area (Å²) in [5.74, 6) is 1.17. The van der Waals surface area contributed by atoms with E-state index in [-0.39, 0.29) is 11.8 Å². The van der Waals surface area contributed by atoms with Gasteiger partial charge in [-0.05, 0) is 43.4 Å². The lowest BCUT2D eigenvalue weighted by atomic mass is 10.2. The summed E-state index contributed by atoms with van der Waals surface area (Å²) in [5, 5.41) is 8.17. The fourth-order valence-corrected chi connectivity index (χ4v) is 3.13. The van der Waals surface area contributed by atoms with Gasteiger partial charge in [-0.2, -0.15) is 5.10 Å². The quantitative estimate of drug-likeness (QED) is 0.624. The maximum atomic E-state index is 12.3. The van der Waals surface area contributed by atoms with Crippen LogP contribution in [-0.2, 0) is 11.3 Å². The Bertz CT molecular complexity index is 1030. The van der Waals surface area contributed by atoms with Crippen molar-refractivity contribution in [1.29, 1.82) is 0 Å². The molecule has 1 amide bonds. The van der Waals surface area contributed by atoms with Crippen molar-refractivity contribution in [2.45, 2.75) is 39.2 Å². The van der Waals surface area contributed by atoms with E-state index in [1.54, 1.807) is 30.1 Å². The third-order valence-corrected chi connectivity index (χ3v) is 4.69. The molecule has 4 rings (SSSR count). The van der Waals surface area contributed by atoms with Crippen LogP contribution in [0.5, 0.6) is 5.88 Å². The van der Waals surface area contributed by atoms with Crippen LogP contribution in [0.2, 0.25) is 0 Å². The van der Waals surface area contributed by atoms with E-state index in [2.05, 4.69) is 20.4 Å². The molecule has 3 aromatic heterocycles. The Hall–Kier alpha value is -3.10. The Kier molecular flexibility index (Phi) is 5.37. The van der Waals surface area contributed by atoms with Gasteiger partial charge in [0, 0.05) is 30.6 Å². The minimum absolute atomic E-state index is 0.0283. The SMILES string of the molecule is Cc1cc(Cn2cc3c(NC(=O)CC4CC4)nccc3n2)cnc1OCC(F)F. The normalized spacial score (nSPS) is 13.8. The molecule has 3 aromatic rings. The average Bonchev–Trinajstić information content (AvgIpc) is 3.37. The highest BCUT2D eigenvalue weighted by molar-refractivity contribution is 5.99. The molecule has 0 saturated heterocycles. The van der Waals surface area contributed by atoms with Crippen molar-refractivity contribution in [3.63, 3.8) is 0 Å². The fraction of sp³-hybridized carbons (Fsp3) is 0.400. The fourth-order valence-electron chi connectivity index (χ4n) is 3.13. The van der Waals surface area contributed by atoms with Crippen molar-refractivity contribution in [3.8, 4) is 5.88 Å². The lowest BCUT2D eigenvalue weighted by molar-refractivity contribution is -0.116. The number of aromatic nitrogens is 4. The number of anilines is 1. The van der Waals surface area contributed by atoms with Gasteiger partial charge in [0.05, 0.1) is 17.4 Å². The number of carbonyl (C=O) groups is 1. The second-order valence-corrected chi connectivity index (χ2v) is 7.28. The van der Waals surface area contributed by atoms with E-state index in [1.165, 1.54) is 0 Å². The topological polar surface area (TPSA) is 81.9 Å². The second kappa shape index (κ2) is 8.10. The van der Waals surface area contributed by atoms with E-state index >= 15 is 0 Å². The highest BCUT2D eigenvalue weighted by Gasteiger charge is 2.24. The van der Waals surface area contributed by atoms with Crippen molar-refractivity contribution >= 4 is 22.6 Å². The average molecular weight is 401 g/mol. The number of amides is 1. The number of fused-ring (bicyclic) bond motifs is 1. The van der Waals surface area contributed by atoms with Crippen LogP contribution in [0.15, 0.2) is 30.7 Å². The first kappa shape index (κ1) is 19.2. The van der Waals surface area contributed by atoms with Crippen LogP contribution in [0, 0.1) is 12.8 Å². The Labute approximate surface area is 166 Å². The molecule has 1 N–H and O–H groups in total. The summed E-state index contributed by atoms with van der Waals surface area (Å²) < 4.78 is 31.3. The van der Waals surface area contributed by atoms with E-state index < -0.39 is 13.0 Å². The lowest BCUT2D eigenvalue weighted by Gasteiger charge is -2.09. The van der Waals surface area contributed by atoms with Crippen molar-refractivity contribution in [2.75, 3.05) is 11.9 Å². The number of alkyl halides is 2. The minimum atomic E-state index is -2.54. The summed E-state index contributed by atoms with van der Waals surface area (Å²) in [6.07, 6.45) is 5.23. The summed E-state index contributed by atoms with van der Waals surface area (Å²) in [5.41, 5.74) is 2.25. The molecule has 7 nitrogen and oxygen atoms in total. The van der Waals surface area contributed by atoms with E-state index in [1.807, 2.05) is 12.3 Å². The van der Waals surface area contributed by atoms with Gasteiger partial charge < -0.3 is 10.1 Å². The van der Waals surface area contributed by atoms with Gasteiger partial charge in [0.1, 0.15) is 5.82 Å². The number of pyridine rings is 2. The van der Waals surface area contributed by atoms with E-state index in [4.69, 9.17) is 4.74 Å². The van der Waals surface area contributed by atoms with Crippen LogP contribution < -0.4 is 10.1 Å². The number of nitrogens with one attached hydrogen (secondary N) is 1. The Morgan fingerprint density at radius 3 is 2.93 bits per heavy atom. The smallest absolute Gasteiger partial charge is 0.272 e. The van der Waals surface area contributed by atoms with Gasteiger partial charge in [-0.3, -0.25) is 9.48 Å². The zero-order valence-corrected chi connectivity index (χ0v) is 15.9. The first-order chi connectivity index (χ1) is 14.0. The summed E-state index contributed by atoms with van der Waals surface area (Å²) in [6, 6.07) is 3.61. The molecule has 0 unspecified atom stereocenters. The van der Waals surface area contributed by atoms with Gasteiger partial charge in [0.25, 0.3) is 6.43 Å². The lowest BCUT2D eigenvalue weighted by Crippen LogP contribution is -2.13. The van der Waals surface area contributed by atoms with Crippen molar-refractivity contribution < 1.29 is 18.3 Å². The molecule has 0 atom stereocenters. The molecule has 1 fully saturated rings. The molecule has 29 heavy (non-hydrogen) atoms. The highest BCUT2D eigenvalue weighted by Crippen LogP contribution is 2.32. The predicted octanol–water partition coefficient (Wildman–Crippen LogP) is 3.57. The van der Waals surface area contributed by atoms with Crippen molar-refractivity contribution in [3.05, 3.63) is 41.9 Å². The van der Waals surface area contributed by atoms with Crippen LogP contribution >= 0.6 is 0 Å². The zero-order valence-electron chi connectivity index (χ0n) is 15.9. The summed E-state index contributed by atoms with van der Waals surface area (Å²) in [4.78, 5) is 20.5. The Morgan fingerprint density at radius 2 is 2.21 bits per heavy atom. The molecule has 0 spiro atoms. The molecule has 1 aliphatic carbocycles. The van der Waals surface area contributed by atoms with Gasteiger partial charge in [0.15, 0.2) is 6.61 Å². The number of ether oxygens (including phenoxy) is 1. The largest absolute Gasteiger partial charge is 0.471 e. The molecule has 0 aliphatic heterocycles. The minimum Gasteiger partial charge on any atom is -0.471 e. The number of halogens is 2. The van der Waals surface area contributed by atoms with Gasteiger partial charge in [-0.1, -0.05) is 0 Å². The standard InChI is InChI=1S/C20H21F2N5O2/c1-12-6-14(8-24-20(12)29-11-17(21)22)9-27-10-15-16(26-27)4-5-23-19(15)25-18(28)7-13-2-3-13/h4-6,8,10,13,17H,2-3,7,9,11H2,1H3,(H,23,25,28). The summed E-state index contributed by atoms with van der Waals surface area (Å²) in [6.45, 7) is 1.52. The molecule has 1 saturated carbocycles. The van der Waals surface area contributed by atoms with Crippen LogP contribution in [0.3, 0.4) is 0 Å². The van der Waals surface area contributed by atoms with Crippen molar-refractivity contribution in [1.82, 2.24) is 19.7 Å². The molecule has 3 heterocycles. The van der Waals surface area contributed by atoms with Crippen molar-refractivity contribution in [2.24, 2.45) is 5.92 Å². The summed E-state index contributed by atoms with van der Waals surface area (Å²) in [7, 11) is 0. The van der Waals surface area contributed by atoms with Crippen LogP contribution in [0.25, 0.3) is 10.9 Å². The van der Waals surface area contributed by atoms with E-state index in [0.29, 0.717) is 30.3 Å². The number of hydrogen-bond acceptors (Lipinski definition) is 5. The number of nitrogens with zero attached hydrogens (tertiary/aromatic N) is 4. The van der Waals surface area contributed by atoms with E-state index in [0.717, 1.165) is 29.3 Å². The molecule has 1 aliphatic rings. The molecule has 0 bridgehead atoms. The number of hydrogen-bond donors (Lipinski definition) is 1. The summed E-state index contributed by atoms with van der Waals surface area (Å²) >= 11 is 0. The monoisotopic (exact) mass is 401 g/mol. The van der Waals surface area contributed by atoms with Crippen LogP contribution in [0.4, 0.5) is 14.6 Å². The van der Waals surface area contributed by atoms with Crippen LogP contribution in [0.1, 0.15) is 30.4 Å². The van der Waals surface area contributed by atoms with E-state index in [9.17, 15) is 13.6 Å². The second-order valence-electron chi connectivity index (χ2n) is 7.28. The molecular formula is C20H21F2N5O2. The van der Waals surface area contributed by atoms with Gasteiger partial charge in [-0.25, -0.2) is 18.7 Å². The maximum Gasteiger partial charge on any atom is 0.272 e. The van der Waals surface area contributed by atoms with Crippen LogP contribution in [-0.4, -0.2) is 38.7 Å². The zero-order chi connectivity index (χ0) is 20.4. The van der Waals surface area contributed by atoms with Gasteiger partial charge in [-0.15, -0.1) is 0 Å². The molecular weight excluding hydrogens is 380 g/mol. The maximum absolute atomic E-state index is 12.3. The molecule has 9 heteroatoms. The molecule has 0 radical (unpaired) electrons. The third kappa shape index (κ3) is 4.85. The molecule has 0 aromatic carbocycles. The molecule has 152 valence electrons. The highest BCUT2D eigenvalue weighted by atomic mass is 19.3. The number of rotatable bonds is 8. The van der Waals surface area contributed by atoms with Gasteiger partial charge in [0.2, 0.25) is 11.8 Å².